The van der Waals surface area contributed by atoms with E-state index in [0.29, 0.717) is 16.9 Å². The highest BCUT2D eigenvalue weighted by Crippen LogP contribution is 2.26. The quantitative estimate of drug-likeness (QED) is 0.755. The molecule has 126 valence electrons. The van der Waals surface area contributed by atoms with Crippen molar-refractivity contribution in [3.05, 3.63) is 53.0 Å². The molecule has 0 saturated heterocycles. The summed E-state index contributed by atoms with van der Waals surface area (Å²) in [6.45, 7) is 5.39. The summed E-state index contributed by atoms with van der Waals surface area (Å²) in [6, 6.07) is 10.6. The molecule has 1 heterocycles. The van der Waals surface area contributed by atoms with E-state index in [0.717, 1.165) is 11.4 Å². The Morgan fingerprint density at radius 1 is 1.33 bits per heavy atom. The van der Waals surface area contributed by atoms with Gasteiger partial charge in [-0.1, -0.05) is 0 Å². The molecular weight excluding hydrogens is 306 g/mol. The van der Waals surface area contributed by atoms with Crippen LogP contribution in [0, 0.1) is 25.2 Å². The van der Waals surface area contributed by atoms with Crippen LogP contribution in [0.1, 0.15) is 29.6 Å². The molecule has 0 spiro atoms. The maximum absolute atomic E-state index is 11.9. The van der Waals surface area contributed by atoms with E-state index >= 15 is 0 Å². The number of nitrogens with zero attached hydrogens (tertiary/aromatic N) is 1. The van der Waals surface area contributed by atoms with Crippen LogP contribution in [0.15, 0.2) is 34.7 Å². The van der Waals surface area contributed by atoms with Gasteiger partial charge in [0.15, 0.2) is 0 Å². The third-order valence-corrected chi connectivity index (χ3v) is 3.72. The molecule has 2 rings (SSSR count). The Bertz CT molecular complexity index is 755. The summed E-state index contributed by atoms with van der Waals surface area (Å²) in [7, 11) is 0. The van der Waals surface area contributed by atoms with Crippen molar-refractivity contribution >= 4 is 11.6 Å². The van der Waals surface area contributed by atoms with Crippen molar-refractivity contribution in [3.8, 4) is 6.07 Å². The van der Waals surface area contributed by atoms with Gasteiger partial charge in [-0.05, 0) is 51.1 Å². The molecule has 1 amide bonds. The number of benzene rings is 1. The van der Waals surface area contributed by atoms with Crippen molar-refractivity contribution in [2.75, 3.05) is 18.4 Å². The highest BCUT2D eigenvalue weighted by atomic mass is 16.3. The third kappa shape index (κ3) is 4.37. The first-order valence-electron chi connectivity index (χ1n) is 7.62. The number of furan rings is 1. The summed E-state index contributed by atoms with van der Waals surface area (Å²) >= 11 is 0. The molecule has 0 saturated carbocycles. The number of anilines is 1. The number of nitriles is 1. The summed E-state index contributed by atoms with van der Waals surface area (Å²) in [5, 5.41) is 25.0. The lowest BCUT2D eigenvalue weighted by molar-refractivity contribution is -0.120. The SMILES string of the molecule is Cc1cc(C(C)(O)CNC(=O)CNc2ccc(C#N)cc2)c(C)o1. The largest absolute Gasteiger partial charge is 0.466 e. The van der Waals surface area contributed by atoms with E-state index in [1.54, 1.807) is 44.2 Å². The maximum atomic E-state index is 11.9. The van der Waals surface area contributed by atoms with Gasteiger partial charge in [-0.25, -0.2) is 0 Å². The number of carbonyl (C=O) groups excluding carboxylic acids is 1. The van der Waals surface area contributed by atoms with E-state index < -0.39 is 5.60 Å². The van der Waals surface area contributed by atoms with Crippen molar-refractivity contribution in [1.82, 2.24) is 5.32 Å². The molecule has 1 atom stereocenters. The number of hydrogen-bond acceptors (Lipinski definition) is 5. The lowest BCUT2D eigenvalue weighted by Gasteiger charge is -2.23. The Morgan fingerprint density at radius 3 is 2.54 bits per heavy atom. The lowest BCUT2D eigenvalue weighted by atomic mass is 9.96. The van der Waals surface area contributed by atoms with Crippen molar-refractivity contribution in [2.45, 2.75) is 26.4 Å². The third-order valence-electron chi connectivity index (χ3n) is 3.72. The second-order valence-corrected chi connectivity index (χ2v) is 5.92. The van der Waals surface area contributed by atoms with E-state index in [4.69, 9.17) is 9.68 Å². The summed E-state index contributed by atoms with van der Waals surface area (Å²) in [4.78, 5) is 11.9. The molecule has 0 aliphatic carbocycles. The van der Waals surface area contributed by atoms with Crippen LogP contribution in [0.25, 0.3) is 0 Å². The second-order valence-electron chi connectivity index (χ2n) is 5.92. The standard InChI is InChI=1S/C18H21N3O3/c1-12-8-16(13(2)24-12)18(3,23)11-21-17(22)10-20-15-6-4-14(9-19)5-7-15/h4-8,20,23H,10-11H2,1-3H3,(H,21,22). The van der Waals surface area contributed by atoms with E-state index in [9.17, 15) is 9.90 Å². The smallest absolute Gasteiger partial charge is 0.239 e. The molecule has 24 heavy (non-hydrogen) atoms. The van der Waals surface area contributed by atoms with E-state index in [-0.39, 0.29) is 19.0 Å². The summed E-state index contributed by atoms with van der Waals surface area (Å²) in [6.07, 6.45) is 0. The second kappa shape index (κ2) is 7.20. The van der Waals surface area contributed by atoms with E-state index in [1.807, 2.05) is 13.0 Å². The van der Waals surface area contributed by atoms with Crippen LogP contribution in [-0.4, -0.2) is 24.1 Å². The molecule has 0 radical (unpaired) electrons. The molecule has 3 N–H and O–H groups in total. The predicted octanol–water partition coefficient (Wildman–Crippen LogP) is 2.20. The number of rotatable bonds is 6. The van der Waals surface area contributed by atoms with Crippen LogP contribution in [0.2, 0.25) is 0 Å². The van der Waals surface area contributed by atoms with Gasteiger partial charge in [0.25, 0.3) is 0 Å². The Labute approximate surface area is 141 Å². The fourth-order valence-electron chi connectivity index (χ4n) is 2.44. The van der Waals surface area contributed by atoms with Crippen LogP contribution in [0.4, 0.5) is 5.69 Å². The Balaban J connectivity index is 1.86. The monoisotopic (exact) mass is 327 g/mol. The maximum Gasteiger partial charge on any atom is 0.239 e. The average molecular weight is 327 g/mol. The normalized spacial score (nSPS) is 13.0. The van der Waals surface area contributed by atoms with Gasteiger partial charge in [0, 0.05) is 11.3 Å². The van der Waals surface area contributed by atoms with Gasteiger partial charge in [0.05, 0.1) is 24.7 Å². The molecule has 6 nitrogen and oxygen atoms in total. The predicted molar refractivity (Wildman–Crippen MR) is 90.4 cm³/mol. The molecule has 0 aliphatic rings. The van der Waals surface area contributed by atoms with E-state index in [1.165, 1.54) is 0 Å². The minimum Gasteiger partial charge on any atom is -0.466 e. The molecular formula is C18H21N3O3. The van der Waals surface area contributed by atoms with Crippen molar-refractivity contribution in [2.24, 2.45) is 0 Å². The molecule has 1 unspecified atom stereocenters. The topological polar surface area (TPSA) is 98.3 Å². The first-order chi connectivity index (χ1) is 11.3. The first kappa shape index (κ1) is 17.6. The molecule has 1 aromatic heterocycles. The van der Waals surface area contributed by atoms with Crippen LogP contribution < -0.4 is 10.6 Å². The van der Waals surface area contributed by atoms with Crippen LogP contribution in [0.5, 0.6) is 0 Å². The number of carbonyl (C=O) groups is 1. The number of hydrogen-bond donors (Lipinski definition) is 3. The molecule has 0 bridgehead atoms. The average Bonchev–Trinajstić information content (AvgIpc) is 2.91. The Morgan fingerprint density at radius 2 is 2.00 bits per heavy atom. The van der Waals surface area contributed by atoms with Gasteiger partial charge in [0.2, 0.25) is 5.91 Å². The summed E-state index contributed by atoms with van der Waals surface area (Å²) < 4.78 is 5.42. The van der Waals surface area contributed by atoms with Gasteiger partial charge >= 0.3 is 0 Å². The fraction of sp³-hybridized carbons (Fsp3) is 0.333. The lowest BCUT2D eigenvalue weighted by Crippen LogP contribution is -2.41. The number of amides is 1. The highest BCUT2D eigenvalue weighted by molar-refractivity contribution is 5.80. The molecule has 0 aliphatic heterocycles. The van der Waals surface area contributed by atoms with Gasteiger partial charge in [-0.2, -0.15) is 5.26 Å². The highest BCUT2D eigenvalue weighted by Gasteiger charge is 2.28. The number of nitrogens with one attached hydrogen (secondary N) is 2. The van der Waals surface area contributed by atoms with Crippen LogP contribution in [0.3, 0.4) is 0 Å². The zero-order valence-electron chi connectivity index (χ0n) is 14.0. The Hall–Kier alpha value is -2.78. The zero-order valence-corrected chi connectivity index (χ0v) is 14.0. The van der Waals surface area contributed by atoms with Crippen molar-refractivity contribution in [1.29, 1.82) is 5.26 Å². The van der Waals surface area contributed by atoms with Crippen molar-refractivity contribution < 1.29 is 14.3 Å². The van der Waals surface area contributed by atoms with Gasteiger partial charge < -0.3 is 20.2 Å². The van der Waals surface area contributed by atoms with Crippen LogP contribution in [-0.2, 0) is 10.4 Å². The minimum absolute atomic E-state index is 0.0748. The van der Waals surface area contributed by atoms with Crippen molar-refractivity contribution in [3.63, 3.8) is 0 Å². The summed E-state index contributed by atoms with van der Waals surface area (Å²) in [5.41, 5.74) is 0.774. The fourth-order valence-corrected chi connectivity index (χ4v) is 2.44. The van der Waals surface area contributed by atoms with Crippen LogP contribution >= 0.6 is 0 Å². The zero-order chi connectivity index (χ0) is 17.7. The number of aryl methyl sites for hydroxylation is 2. The molecule has 0 fully saturated rings. The minimum atomic E-state index is -1.20. The van der Waals surface area contributed by atoms with Gasteiger partial charge in [-0.3, -0.25) is 4.79 Å². The number of aliphatic hydroxyl groups is 1. The molecule has 2 aromatic rings. The summed E-state index contributed by atoms with van der Waals surface area (Å²) in [5.74, 6) is 1.12. The molecule has 1 aromatic carbocycles. The van der Waals surface area contributed by atoms with E-state index in [2.05, 4.69) is 10.6 Å². The first-order valence-corrected chi connectivity index (χ1v) is 7.62. The Kier molecular flexibility index (Phi) is 5.27. The van der Waals surface area contributed by atoms with Gasteiger partial charge in [-0.15, -0.1) is 0 Å². The van der Waals surface area contributed by atoms with Gasteiger partial charge in [0.1, 0.15) is 17.1 Å². The molecule has 6 heteroatoms.